The maximum absolute atomic E-state index is 12.7. The molecule has 1 amide bonds. The second kappa shape index (κ2) is 3.53. The van der Waals surface area contributed by atoms with E-state index in [1.807, 2.05) is 10.8 Å². The van der Waals surface area contributed by atoms with Gasteiger partial charge in [0.15, 0.2) is 0 Å². The minimum atomic E-state index is -0.831. The van der Waals surface area contributed by atoms with Crippen molar-refractivity contribution < 1.29 is 13.6 Å². The Morgan fingerprint density at radius 2 is 2.25 bits per heavy atom. The number of nitrogens with one attached hydrogen (secondary N) is 1. The summed E-state index contributed by atoms with van der Waals surface area (Å²) >= 11 is 3.41. The number of hydrogen-bond acceptors (Lipinski definition) is 2. The second-order valence-corrected chi connectivity index (χ2v) is 2.21. The summed E-state index contributed by atoms with van der Waals surface area (Å²) in [6.45, 7) is 0. The molecule has 0 heterocycles. The summed E-state index contributed by atoms with van der Waals surface area (Å²) in [5.41, 5.74) is -0.388. The van der Waals surface area contributed by atoms with Crippen LogP contribution in [0.15, 0.2) is 12.1 Å². The van der Waals surface area contributed by atoms with Crippen LogP contribution >= 0.6 is 12.8 Å². The van der Waals surface area contributed by atoms with Crippen LogP contribution in [0.25, 0.3) is 0 Å². The Bertz CT molecular complexity index is 316. The van der Waals surface area contributed by atoms with Crippen molar-refractivity contribution >= 4 is 18.7 Å². The number of carbonyl (C=O) groups is 1. The molecule has 0 saturated heterocycles. The molecule has 1 rings (SSSR count). The normalized spacial score (nSPS) is 9.58. The van der Waals surface area contributed by atoms with E-state index in [-0.39, 0.29) is 5.56 Å². The average Bonchev–Trinajstić information content (AvgIpc) is 2.08. The summed E-state index contributed by atoms with van der Waals surface area (Å²) in [6, 6.07) is 3.48. The fraction of sp³-hybridized carbons (Fsp3) is 0. The van der Waals surface area contributed by atoms with Crippen molar-refractivity contribution in [2.24, 2.45) is 0 Å². The molecule has 1 aromatic rings. The van der Waals surface area contributed by atoms with E-state index in [0.717, 1.165) is 12.1 Å². The first-order chi connectivity index (χ1) is 5.65. The zero-order valence-electron chi connectivity index (χ0n) is 5.77. The van der Waals surface area contributed by atoms with Gasteiger partial charge in [-0.05, 0) is 12.1 Å². The molecule has 0 aliphatic heterocycles. The first kappa shape index (κ1) is 8.99. The van der Waals surface area contributed by atoms with Gasteiger partial charge in [-0.2, -0.15) is 0 Å². The maximum atomic E-state index is 12.7. The Labute approximate surface area is 73.1 Å². The van der Waals surface area contributed by atoms with Gasteiger partial charge >= 0.3 is 0 Å². The SMILES string of the molecule is O=C(NS)c1cc(F)[c]cc1F. The Morgan fingerprint density at radius 3 is 2.83 bits per heavy atom. The van der Waals surface area contributed by atoms with Crippen molar-refractivity contribution in [1.82, 2.24) is 4.72 Å². The molecule has 0 saturated carbocycles. The third-order valence-electron chi connectivity index (χ3n) is 1.21. The van der Waals surface area contributed by atoms with Gasteiger partial charge in [-0.25, -0.2) is 8.78 Å². The molecule has 1 N–H and O–H groups in total. The molecular weight excluding hydrogens is 184 g/mol. The zero-order chi connectivity index (χ0) is 9.14. The van der Waals surface area contributed by atoms with Crippen molar-refractivity contribution in [3.63, 3.8) is 0 Å². The molecule has 0 aromatic heterocycles. The molecule has 0 spiro atoms. The van der Waals surface area contributed by atoms with Gasteiger partial charge in [0.05, 0.1) is 5.56 Å². The van der Waals surface area contributed by atoms with E-state index in [4.69, 9.17) is 0 Å². The molecule has 0 atom stereocenters. The Balaban J connectivity index is 3.13. The van der Waals surface area contributed by atoms with E-state index in [1.165, 1.54) is 0 Å². The van der Waals surface area contributed by atoms with E-state index in [2.05, 4.69) is 12.8 Å². The second-order valence-electron chi connectivity index (χ2n) is 1.98. The molecule has 0 aliphatic rings. The van der Waals surface area contributed by atoms with Crippen LogP contribution in [0.1, 0.15) is 10.4 Å². The molecule has 0 unspecified atom stereocenters. The summed E-state index contributed by atoms with van der Waals surface area (Å²) in [4.78, 5) is 10.8. The number of amides is 1. The molecule has 1 radical (unpaired) electrons. The number of rotatable bonds is 1. The highest BCUT2D eigenvalue weighted by atomic mass is 32.1. The van der Waals surface area contributed by atoms with Crippen molar-refractivity contribution in [2.75, 3.05) is 0 Å². The number of carbonyl (C=O) groups excluding carboxylic acids is 1. The van der Waals surface area contributed by atoms with Gasteiger partial charge in [0.1, 0.15) is 11.6 Å². The lowest BCUT2D eigenvalue weighted by atomic mass is 10.2. The van der Waals surface area contributed by atoms with E-state index in [9.17, 15) is 13.6 Å². The van der Waals surface area contributed by atoms with E-state index >= 15 is 0 Å². The highest BCUT2D eigenvalue weighted by Gasteiger charge is 2.10. The van der Waals surface area contributed by atoms with Crippen LogP contribution < -0.4 is 4.72 Å². The fourth-order valence-corrected chi connectivity index (χ4v) is 0.802. The molecule has 0 fully saturated rings. The van der Waals surface area contributed by atoms with E-state index in [0.29, 0.717) is 0 Å². The Morgan fingerprint density at radius 1 is 1.58 bits per heavy atom. The standard InChI is InChI=1S/C7H4F2NOS/c8-4-1-2-6(9)5(3-4)7(11)10-12/h2-3,12H,(H,10,11). The lowest BCUT2D eigenvalue weighted by Crippen LogP contribution is -2.14. The quantitative estimate of drug-likeness (QED) is 0.640. The van der Waals surface area contributed by atoms with Crippen LogP contribution in [0.3, 0.4) is 0 Å². The van der Waals surface area contributed by atoms with Crippen LogP contribution in [0, 0.1) is 17.7 Å². The van der Waals surface area contributed by atoms with Crippen LogP contribution in [-0.4, -0.2) is 5.91 Å². The summed E-state index contributed by atoms with van der Waals surface area (Å²) in [5.74, 6) is -2.41. The van der Waals surface area contributed by atoms with Crippen molar-refractivity contribution in [3.05, 3.63) is 35.4 Å². The molecule has 1 aromatic carbocycles. The first-order valence-corrected chi connectivity index (χ1v) is 3.41. The summed E-state index contributed by atoms with van der Waals surface area (Å²) in [6.07, 6.45) is 0. The third-order valence-corrected chi connectivity index (χ3v) is 1.41. The highest BCUT2D eigenvalue weighted by molar-refractivity contribution is 7.78. The molecule has 63 valence electrons. The molecule has 5 heteroatoms. The van der Waals surface area contributed by atoms with Gasteiger partial charge in [0.25, 0.3) is 5.91 Å². The van der Waals surface area contributed by atoms with Crippen molar-refractivity contribution in [1.29, 1.82) is 0 Å². The van der Waals surface area contributed by atoms with Gasteiger partial charge in [0, 0.05) is 6.07 Å². The van der Waals surface area contributed by atoms with Gasteiger partial charge in [-0.1, -0.05) is 12.8 Å². The predicted molar refractivity (Wildman–Crippen MR) is 41.6 cm³/mol. The maximum Gasteiger partial charge on any atom is 0.263 e. The zero-order valence-corrected chi connectivity index (χ0v) is 6.66. The minimum absolute atomic E-state index is 0.388. The summed E-state index contributed by atoms with van der Waals surface area (Å²) < 4.78 is 27.0. The van der Waals surface area contributed by atoms with Gasteiger partial charge in [0.2, 0.25) is 0 Å². The number of benzene rings is 1. The third kappa shape index (κ3) is 1.73. The van der Waals surface area contributed by atoms with Crippen LogP contribution in [-0.2, 0) is 0 Å². The van der Waals surface area contributed by atoms with Crippen molar-refractivity contribution in [3.8, 4) is 0 Å². The smallest absolute Gasteiger partial charge is 0.263 e. The van der Waals surface area contributed by atoms with Crippen molar-refractivity contribution in [2.45, 2.75) is 0 Å². The lowest BCUT2D eigenvalue weighted by Gasteiger charge is -1.99. The molecule has 0 bridgehead atoms. The van der Waals surface area contributed by atoms with Gasteiger partial charge in [-0.3, -0.25) is 9.52 Å². The lowest BCUT2D eigenvalue weighted by molar-refractivity contribution is 0.0980. The largest absolute Gasteiger partial charge is 0.299 e. The molecule has 2 nitrogen and oxygen atoms in total. The highest BCUT2D eigenvalue weighted by Crippen LogP contribution is 2.08. The summed E-state index contributed by atoms with van der Waals surface area (Å²) in [5, 5.41) is 0. The Hall–Kier alpha value is -1.10. The number of halogens is 2. The van der Waals surface area contributed by atoms with Gasteiger partial charge in [-0.15, -0.1) is 0 Å². The number of hydrogen-bond donors (Lipinski definition) is 2. The minimum Gasteiger partial charge on any atom is -0.299 e. The fourth-order valence-electron chi connectivity index (χ4n) is 0.682. The predicted octanol–water partition coefficient (Wildman–Crippen LogP) is 1.34. The van der Waals surface area contributed by atoms with E-state index < -0.39 is 17.5 Å². The first-order valence-electron chi connectivity index (χ1n) is 2.96. The average molecular weight is 188 g/mol. The Kier molecular flexibility index (Phi) is 2.65. The topological polar surface area (TPSA) is 29.1 Å². The summed E-state index contributed by atoms with van der Waals surface area (Å²) in [7, 11) is 0. The van der Waals surface area contributed by atoms with Crippen LogP contribution in [0.2, 0.25) is 0 Å². The molecular formula is C7H4F2NOS. The van der Waals surface area contributed by atoms with Gasteiger partial charge < -0.3 is 0 Å². The number of thiol groups is 1. The molecule has 12 heavy (non-hydrogen) atoms. The van der Waals surface area contributed by atoms with Crippen LogP contribution in [0.5, 0.6) is 0 Å². The van der Waals surface area contributed by atoms with Crippen LogP contribution in [0.4, 0.5) is 8.78 Å². The monoisotopic (exact) mass is 188 g/mol. The van der Waals surface area contributed by atoms with E-state index in [1.54, 1.807) is 0 Å². The molecule has 0 aliphatic carbocycles.